The van der Waals surface area contributed by atoms with Gasteiger partial charge in [0.15, 0.2) is 11.5 Å². The first kappa shape index (κ1) is 19.8. The summed E-state index contributed by atoms with van der Waals surface area (Å²) in [4.78, 5) is 29.9. The van der Waals surface area contributed by atoms with Gasteiger partial charge in [0.05, 0.1) is 18.7 Å². The van der Waals surface area contributed by atoms with E-state index in [1.165, 1.54) is 6.92 Å². The van der Waals surface area contributed by atoms with Crippen LogP contribution in [-0.4, -0.2) is 40.3 Å². The molecule has 2 heterocycles. The highest BCUT2D eigenvalue weighted by Gasteiger charge is 2.42. The molecule has 0 spiro atoms. The summed E-state index contributed by atoms with van der Waals surface area (Å²) in [5, 5.41) is 11.5. The topological polar surface area (TPSA) is 82.6 Å². The third-order valence-electron chi connectivity index (χ3n) is 5.67. The van der Waals surface area contributed by atoms with Crippen LogP contribution in [0, 0.1) is 6.92 Å². The van der Waals surface area contributed by atoms with Crippen molar-refractivity contribution in [2.45, 2.75) is 26.3 Å². The van der Waals surface area contributed by atoms with Crippen LogP contribution in [0.5, 0.6) is 5.75 Å². The Balaban J connectivity index is 1.66. The third-order valence-corrected chi connectivity index (χ3v) is 5.67. The number of aliphatic hydroxyl groups excluding tert-OH is 1. The molecule has 0 saturated heterocycles. The molecule has 1 aliphatic heterocycles. The quantitative estimate of drug-likeness (QED) is 0.650. The average Bonchev–Trinajstić information content (AvgIpc) is 3.25. The minimum atomic E-state index is -0.588. The van der Waals surface area contributed by atoms with E-state index < -0.39 is 17.7 Å². The number of hydrogen-bond donors (Lipinski definition) is 2. The number of carbonyl (C=O) groups is 2. The van der Waals surface area contributed by atoms with E-state index in [0.29, 0.717) is 13.0 Å². The Kier molecular flexibility index (Phi) is 5.08. The van der Waals surface area contributed by atoms with Crippen LogP contribution in [0.4, 0.5) is 0 Å². The van der Waals surface area contributed by atoms with Gasteiger partial charge in [-0.3, -0.25) is 9.59 Å². The lowest BCUT2D eigenvalue weighted by Gasteiger charge is -2.26. The highest BCUT2D eigenvalue weighted by Crippen LogP contribution is 2.38. The standard InChI is InChI=1S/C24H24N2O4/c1-14-4-6-16(7-5-14)22-21(15(2)27)23(28)24(29)26(22)11-10-17-13-25-20-9-8-18(30-3)12-19(17)20/h4-9,12-13,22,25,28H,10-11H2,1-3H3/t22-/m0/s1. The Hall–Kier alpha value is -3.54. The van der Waals surface area contributed by atoms with E-state index in [4.69, 9.17) is 4.74 Å². The molecule has 6 heteroatoms. The summed E-state index contributed by atoms with van der Waals surface area (Å²) in [6.45, 7) is 3.73. The number of Topliss-reactive ketones (excluding diaryl/α,β-unsaturated/α-hetero) is 1. The largest absolute Gasteiger partial charge is 0.503 e. The minimum absolute atomic E-state index is 0.157. The number of benzene rings is 2. The van der Waals surface area contributed by atoms with Crippen LogP contribution in [0.1, 0.15) is 29.7 Å². The van der Waals surface area contributed by atoms with Gasteiger partial charge in [0.25, 0.3) is 5.91 Å². The molecule has 0 fully saturated rings. The molecule has 1 atom stereocenters. The third kappa shape index (κ3) is 3.34. The minimum Gasteiger partial charge on any atom is -0.503 e. The highest BCUT2D eigenvalue weighted by molar-refractivity contribution is 6.08. The van der Waals surface area contributed by atoms with E-state index in [0.717, 1.165) is 33.3 Å². The Morgan fingerprint density at radius 2 is 1.93 bits per heavy atom. The number of ketones is 1. The lowest BCUT2D eigenvalue weighted by atomic mass is 9.96. The van der Waals surface area contributed by atoms with Gasteiger partial charge >= 0.3 is 0 Å². The Bertz CT molecular complexity index is 1160. The number of nitrogens with zero attached hydrogens (tertiary/aromatic N) is 1. The molecule has 3 aromatic rings. The van der Waals surface area contributed by atoms with Crippen LogP contribution >= 0.6 is 0 Å². The summed E-state index contributed by atoms with van der Waals surface area (Å²) in [6, 6.07) is 12.9. The molecule has 0 saturated carbocycles. The first-order valence-corrected chi connectivity index (χ1v) is 9.86. The smallest absolute Gasteiger partial charge is 0.290 e. The van der Waals surface area contributed by atoms with Gasteiger partial charge < -0.3 is 19.7 Å². The Labute approximate surface area is 174 Å². The molecule has 0 bridgehead atoms. The number of aromatic nitrogens is 1. The van der Waals surface area contributed by atoms with Crippen molar-refractivity contribution >= 4 is 22.6 Å². The SMILES string of the molecule is COc1ccc2[nH]cc(CCN3C(=O)C(O)=C(C(C)=O)[C@@H]3c3ccc(C)cc3)c2c1. The fourth-order valence-corrected chi connectivity index (χ4v) is 4.07. The van der Waals surface area contributed by atoms with Crippen LogP contribution in [0.3, 0.4) is 0 Å². The summed E-state index contributed by atoms with van der Waals surface area (Å²) in [5.74, 6) is -0.501. The van der Waals surface area contributed by atoms with E-state index >= 15 is 0 Å². The van der Waals surface area contributed by atoms with Gasteiger partial charge in [-0.15, -0.1) is 0 Å². The van der Waals surface area contributed by atoms with Crippen molar-refractivity contribution in [3.63, 3.8) is 0 Å². The number of methoxy groups -OCH3 is 1. The van der Waals surface area contributed by atoms with Crippen molar-refractivity contribution in [2.75, 3.05) is 13.7 Å². The lowest BCUT2D eigenvalue weighted by Crippen LogP contribution is -2.32. The van der Waals surface area contributed by atoms with Gasteiger partial charge in [-0.25, -0.2) is 0 Å². The number of aromatic amines is 1. The van der Waals surface area contributed by atoms with Gasteiger partial charge in [-0.05, 0) is 49.6 Å². The summed E-state index contributed by atoms with van der Waals surface area (Å²) < 4.78 is 5.33. The fourth-order valence-electron chi connectivity index (χ4n) is 4.07. The molecule has 1 aliphatic rings. The van der Waals surface area contributed by atoms with Crippen molar-refractivity contribution in [1.29, 1.82) is 0 Å². The number of nitrogens with one attached hydrogen (secondary N) is 1. The van der Waals surface area contributed by atoms with E-state index in [1.54, 1.807) is 12.0 Å². The van der Waals surface area contributed by atoms with E-state index in [-0.39, 0.29) is 11.4 Å². The fraction of sp³-hybridized carbons (Fsp3) is 0.250. The number of aryl methyl sites for hydroxylation is 1. The molecule has 6 nitrogen and oxygen atoms in total. The number of H-pyrrole nitrogens is 1. The molecule has 2 N–H and O–H groups in total. The zero-order valence-corrected chi connectivity index (χ0v) is 17.2. The second-order valence-corrected chi connectivity index (χ2v) is 7.61. The second-order valence-electron chi connectivity index (χ2n) is 7.61. The predicted octanol–water partition coefficient (Wildman–Crippen LogP) is 4.01. The van der Waals surface area contributed by atoms with Gasteiger partial charge in [0.1, 0.15) is 5.75 Å². The molecule has 2 aromatic carbocycles. The monoisotopic (exact) mass is 404 g/mol. The summed E-state index contributed by atoms with van der Waals surface area (Å²) >= 11 is 0. The number of hydrogen-bond acceptors (Lipinski definition) is 4. The summed E-state index contributed by atoms with van der Waals surface area (Å²) in [7, 11) is 1.63. The van der Waals surface area contributed by atoms with Crippen molar-refractivity contribution < 1.29 is 19.4 Å². The first-order valence-electron chi connectivity index (χ1n) is 9.86. The van der Waals surface area contributed by atoms with Crippen molar-refractivity contribution in [1.82, 2.24) is 9.88 Å². The number of rotatable bonds is 6. The molecule has 154 valence electrons. The first-order chi connectivity index (χ1) is 14.4. The molecular formula is C24H24N2O4. The normalized spacial score (nSPS) is 16.6. The molecule has 1 aromatic heterocycles. The Morgan fingerprint density at radius 3 is 2.60 bits per heavy atom. The number of fused-ring (bicyclic) bond motifs is 1. The maximum Gasteiger partial charge on any atom is 0.290 e. The number of aliphatic hydroxyl groups is 1. The van der Waals surface area contributed by atoms with Crippen LogP contribution < -0.4 is 4.74 Å². The van der Waals surface area contributed by atoms with Crippen LogP contribution in [0.2, 0.25) is 0 Å². The van der Waals surface area contributed by atoms with Crippen LogP contribution in [0.15, 0.2) is 60.0 Å². The highest BCUT2D eigenvalue weighted by atomic mass is 16.5. The van der Waals surface area contributed by atoms with Gasteiger partial charge in [-0.1, -0.05) is 29.8 Å². The predicted molar refractivity (Wildman–Crippen MR) is 115 cm³/mol. The molecule has 30 heavy (non-hydrogen) atoms. The van der Waals surface area contributed by atoms with Crippen LogP contribution in [-0.2, 0) is 16.0 Å². The zero-order valence-electron chi connectivity index (χ0n) is 17.2. The molecular weight excluding hydrogens is 380 g/mol. The average molecular weight is 404 g/mol. The van der Waals surface area contributed by atoms with Gasteiger partial charge in [0, 0.05) is 23.6 Å². The van der Waals surface area contributed by atoms with Crippen molar-refractivity contribution in [2.24, 2.45) is 0 Å². The second kappa shape index (κ2) is 7.71. The van der Waals surface area contributed by atoms with Crippen molar-refractivity contribution in [3.8, 4) is 5.75 Å². The number of amides is 1. The van der Waals surface area contributed by atoms with E-state index in [2.05, 4.69) is 4.98 Å². The lowest BCUT2D eigenvalue weighted by molar-refractivity contribution is -0.129. The Morgan fingerprint density at radius 1 is 1.20 bits per heavy atom. The molecule has 1 amide bonds. The number of ether oxygens (including phenoxy) is 1. The molecule has 0 unspecified atom stereocenters. The van der Waals surface area contributed by atoms with Gasteiger partial charge in [-0.2, -0.15) is 0 Å². The van der Waals surface area contributed by atoms with E-state index in [1.807, 2.05) is 55.6 Å². The maximum absolute atomic E-state index is 12.8. The maximum atomic E-state index is 12.8. The summed E-state index contributed by atoms with van der Waals surface area (Å²) in [6.07, 6.45) is 2.49. The van der Waals surface area contributed by atoms with Crippen LogP contribution in [0.25, 0.3) is 10.9 Å². The number of carbonyl (C=O) groups excluding carboxylic acids is 2. The summed E-state index contributed by atoms with van der Waals surface area (Å²) in [5.41, 5.74) is 4.07. The zero-order chi connectivity index (χ0) is 21.4. The van der Waals surface area contributed by atoms with E-state index in [9.17, 15) is 14.7 Å². The van der Waals surface area contributed by atoms with Crippen molar-refractivity contribution in [3.05, 3.63) is 76.7 Å². The molecule has 0 aliphatic carbocycles. The van der Waals surface area contributed by atoms with Gasteiger partial charge in [0.2, 0.25) is 0 Å². The molecule has 0 radical (unpaired) electrons. The molecule has 4 rings (SSSR count).